The lowest BCUT2D eigenvalue weighted by Gasteiger charge is -2.09. The zero-order valence-corrected chi connectivity index (χ0v) is 13.5. The van der Waals surface area contributed by atoms with Crippen molar-refractivity contribution in [2.75, 3.05) is 0 Å². The minimum Gasteiger partial charge on any atom is -0.278 e. The van der Waals surface area contributed by atoms with Crippen molar-refractivity contribution in [3.8, 4) is 5.69 Å². The van der Waals surface area contributed by atoms with Crippen molar-refractivity contribution in [3.05, 3.63) is 40.8 Å². The van der Waals surface area contributed by atoms with Crippen LogP contribution in [0.2, 0.25) is 5.02 Å². The highest BCUT2D eigenvalue weighted by Gasteiger charge is 2.20. The molecule has 0 bridgehead atoms. The summed E-state index contributed by atoms with van der Waals surface area (Å²) in [6.45, 7) is 2.13. The van der Waals surface area contributed by atoms with Gasteiger partial charge in [0, 0.05) is 7.05 Å². The molecule has 0 saturated carbocycles. The van der Waals surface area contributed by atoms with Gasteiger partial charge in [-0.25, -0.2) is 9.67 Å². The van der Waals surface area contributed by atoms with E-state index in [4.69, 9.17) is 23.2 Å². The first kappa shape index (κ1) is 14.4. The number of aryl methyl sites for hydroxylation is 2. The summed E-state index contributed by atoms with van der Waals surface area (Å²) >= 11 is 12.4. The van der Waals surface area contributed by atoms with Crippen LogP contribution in [-0.2, 0) is 19.3 Å². The number of para-hydroxylation sites is 1. The minimum absolute atomic E-state index is 0.325. The van der Waals surface area contributed by atoms with Gasteiger partial charge in [-0.2, -0.15) is 5.10 Å². The average Bonchev–Trinajstić information content (AvgIpc) is 2.99. The Kier molecular flexibility index (Phi) is 3.91. The van der Waals surface area contributed by atoms with Crippen LogP contribution in [0.3, 0.4) is 0 Å². The van der Waals surface area contributed by atoms with Crippen molar-refractivity contribution < 1.29 is 0 Å². The Bertz CT molecular complexity index is 788. The summed E-state index contributed by atoms with van der Waals surface area (Å²) in [5, 5.41) is 5.25. The van der Waals surface area contributed by atoms with E-state index >= 15 is 0 Å². The van der Waals surface area contributed by atoms with Crippen molar-refractivity contribution >= 4 is 34.4 Å². The van der Waals surface area contributed by atoms with Gasteiger partial charge in [-0.15, -0.1) is 11.6 Å². The fraction of sp³-hybridized carbons (Fsp3) is 0.333. The van der Waals surface area contributed by atoms with Crippen LogP contribution in [0.15, 0.2) is 24.3 Å². The molecule has 0 radical (unpaired) electrons. The van der Waals surface area contributed by atoms with Crippen LogP contribution >= 0.6 is 23.2 Å². The van der Waals surface area contributed by atoms with Gasteiger partial charge in [-0.3, -0.25) is 4.57 Å². The number of nitrogens with zero attached hydrogens (tertiary/aromatic N) is 4. The Balaban J connectivity index is 2.33. The van der Waals surface area contributed by atoms with E-state index in [0.29, 0.717) is 10.9 Å². The van der Waals surface area contributed by atoms with Gasteiger partial charge in [0.1, 0.15) is 11.3 Å². The first-order valence-electron chi connectivity index (χ1n) is 6.91. The van der Waals surface area contributed by atoms with Gasteiger partial charge in [-0.1, -0.05) is 37.1 Å². The Hall–Kier alpha value is -1.52. The van der Waals surface area contributed by atoms with Gasteiger partial charge in [0.15, 0.2) is 5.65 Å². The van der Waals surface area contributed by atoms with E-state index in [1.807, 2.05) is 40.6 Å². The highest BCUT2D eigenvalue weighted by molar-refractivity contribution is 6.32. The predicted octanol–water partition coefficient (Wildman–Crippen LogP) is 4.10. The van der Waals surface area contributed by atoms with Crippen LogP contribution in [0.1, 0.15) is 24.9 Å². The molecule has 0 amide bonds. The Morgan fingerprint density at radius 3 is 2.67 bits per heavy atom. The molecule has 2 heterocycles. The quantitative estimate of drug-likeness (QED) is 0.678. The lowest BCUT2D eigenvalue weighted by atomic mass is 10.2. The summed E-state index contributed by atoms with van der Waals surface area (Å²) in [5.74, 6) is 1.11. The van der Waals surface area contributed by atoms with Crippen molar-refractivity contribution in [2.45, 2.75) is 25.6 Å². The highest BCUT2D eigenvalue weighted by Crippen LogP contribution is 2.29. The number of rotatable bonds is 4. The molecule has 0 aliphatic carbocycles. The third-order valence-corrected chi connectivity index (χ3v) is 4.03. The van der Waals surface area contributed by atoms with Gasteiger partial charge in [0.05, 0.1) is 22.3 Å². The van der Waals surface area contributed by atoms with Gasteiger partial charge in [0.25, 0.3) is 0 Å². The van der Waals surface area contributed by atoms with Crippen LogP contribution in [0.5, 0.6) is 0 Å². The maximum Gasteiger partial charge on any atom is 0.163 e. The van der Waals surface area contributed by atoms with E-state index in [2.05, 4.69) is 17.0 Å². The summed E-state index contributed by atoms with van der Waals surface area (Å²) in [4.78, 5) is 4.68. The number of hydrogen-bond acceptors (Lipinski definition) is 2. The number of alkyl halides is 1. The molecule has 0 spiro atoms. The van der Waals surface area contributed by atoms with Crippen molar-refractivity contribution in [1.29, 1.82) is 0 Å². The zero-order valence-electron chi connectivity index (χ0n) is 12.0. The van der Waals surface area contributed by atoms with Gasteiger partial charge in [-0.05, 0) is 18.6 Å². The van der Waals surface area contributed by atoms with E-state index in [-0.39, 0.29) is 0 Å². The van der Waals surface area contributed by atoms with Crippen LogP contribution in [-0.4, -0.2) is 19.3 Å². The summed E-state index contributed by atoms with van der Waals surface area (Å²) < 4.78 is 3.85. The molecule has 0 N–H and O–H groups in total. The molecule has 0 aliphatic heterocycles. The molecule has 21 heavy (non-hydrogen) atoms. The SMILES string of the molecule is CCCc1nn(C)c2c1nc(CCl)n2-c1ccccc1Cl. The molecule has 0 unspecified atom stereocenters. The molecule has 4 nitrogen and oxygen atoms in total. The van der Waals surface area contributed by atoms with Gasteiger partial charge in [0.2, 0.25) is 0 Å². The molecular formula is C15H16Cl2N4. The van der Waals surface area contributed by atoms with E-state index < -0.39 is 0 Å². The summed E-state index contributed by atoms with van der Waals surface area (Å²) in [6.07, 6.45) is 1.93. The van der Waals surface area contributed by atoms with Crippen LogP contribution < -0.4 is 0 Å². The Labute approximate surface area is 133 Å². The number of halogens is 2. The predicted molar refractivity (Wildman–Crippen MR) is 86.4 cm³/mol. The van der Waals surface area contributed by atoms with E-state index in [9.17, 15) is 0 Å². The van der Waals surface area contributed by atoms with Crippen molar-refractivity contribution in [3.63, 3.8) is 0 Å². The minimum atomic E-state index is 0.325. The lowest BCUT2D eigenvalue weighted by molar-refractivity contribution is 0.732. The van der Waals surface area contributed by atoms with Gasteiger partial charge < -0.3 is 0 Å². The molecule has 3 aromatic rings. The molecule has 1 aromatic carbocycles. The second-order valence-electron chi connectivity index (χ2n) is 4.94. The molecule has 0 aliphatic rings. The second kappa shape index (κ2) is 5.70. The Morgan fingerprint density at radius 2 is 2.00 bits per heavy atom. The standard InChI is InChI=1S/C15H16Cl2N4/c1-3-6-11-14-15(20(2)19-11)21(13(9-16)18-14)12-8-5-4-7-10(12)17/h4-5,7-8H,3,6,9H2,1-2H3. The average molecular weight is 323 g/mol. The van der Waals surface area contributed by atoms with Crippen molar-refractivity contribution in [1.82, 2.24) is 19.3 Å². The summed E-state index contributed by atoms with van der Waals surface area (Å²) in [5.41, 5.74) is 3.73. The van der Waals surface area contributed by atoms with E-state index in [1.165, 1.54) is 0 Å². The monoisotopic (exact) mass is 322 g/mol. The molecule has 110 valence electrons. The molecule has 3 rings (SSSR count). The zero-order chi connectivity index (χ0) is 15.0. The molecular weight excluding hydrogens is 307 g/mol. The first-order valence-corrected chi connectivity index (χ1v) is 7.82. The number of aromatic nitrogens is 4. The lowest BCUT2D eigenvalue weighted by Crippen LogP contribution is -2.05. The number of imidazole rings is 1. The maximum absolute atomic E-state index is 6.34. The smallest absolute Gasteiger partial charge is 0.163 e. The fourth-order valence-corrected chi connectivity index (χ4v) is 3.01. The summed E-state index contributed by atoms with van der Waals surface area (Å²) in [7, 11) is 1.93. The Morgan fingerprint density at radius 1 is 1.24 bits per heavy atom. The number of benzene rings is 1. The van der Waals surface area contributed by atoms with Crippen LogP contribution in [0.25, 0.3) is 16.9 Å². The third-order valence-electron chi connectivity index (χ3n) is 3.47. The third kappa shape index (κ3) is 2.32. The molecule has 0 atom stereocenters. The second-order valence-corrected chi connectivity index (χ2v) is 5.62. The van der Waals surface area contributed by atoms with E-state index in [0.717, 1.165) is 41.2 Å². The largest absolute Gasteiger partial charge is 0.278 e. The number of hydrogen-bond donors (Lipinski definition) is 0. The van der Waals surface area contributed by atoms with Crippen LogP contribution in [0, 0.1) is 0 Å². The molecule has 6 heteroatoms. The topological polar surface area (TPSA) is 35.6 Å². The normalized spacial score (nSPS) is 11.4. The maximum atomic E-state index is 6.34. The number of fused-ring (bicyclic) bond motifs is 1. The van der Waals surface area contributed by atoms with E-state index in [1.54, 1.807) is 0 Å². The highest BCUT2D eigenvalue weighted by atomic mass is 35.5. The van der Waals surface area contributed by atoms with Crippen LogP contribution in [0.4, 0.5) is 0 Å². The first-order chi connectivity index (χ1) is 10.2. The molecule has 2 aromatic heterocycles. The van der Waals surface area contributed by atoms with Gasteiger partial charge >= 0.3 is 0 Å². The molecule has 0 fully saturated rings. The van der Waals surface area contributed by atoms with Crippen molar-refractivity contribution in [2.24, 2.45) is 7.05 Å². The fourth-order valence-electron chi connectivity index (χ4n) is 2.61. The summed E-state index contributed by atoms with van der Waals surface area (Å²) in [6, 6.07) is 7.69. The molecule has 0 saturated heterocycles.